The monoisotopic (exact) mass is 383 g/mol. The second kappa shape index (κ2) is 7.09. The second-order valence-electron chi connectivity index (χ2n) is 5.33. The zero-order valence-electron chi connectivity index (χ0n) is 13.0. The third kappa shape index (κ3) is 4.55. The van der Waals surface area contributed by atoms with Crippen LogP contribution in [0.15, 0.2) is 47.4 Å². The highest BCUT2D eigenvalue weighted by Gasteiger charge is 2.31. The molecule has 2 N–H and O–H groups in total. The van der Waals surface area contributed by atoms with Gasteiger partial charge < -0.3 is 10.2 Å². The molecule has 0 saturated carbocycles. The Morgan fingerprint density at radius 2 is 1.81 bits per heavy atom. The minimum absolute atomic E-state index is 0.116. The first-order valence-electron chi connectivity index (χ1n) is 7.05. The van der Waals surface area contributed by atoms with Crippen LogP contribution in [0, 0.1) is 11.3 Å². The summed E-state index contributed by atoms with van der Waals surface area (Å²) in [5.41, 5.74) is -0.977. The van der Waals surface area contributed by atoms with Gasteiger partial charge in [-0.15, -0.1) is 0 Å². The van der Waals surface area contributed by atoms with E-state index in [1.165, 1.54) is 18.2 Å². The Morgan fingerprint density at radius 1 is 1.12 bits per heavy atom. The maximum atomic E-state index is 12.7. The number of phenolic OH excluding ortho intramolecular Hbond substituents is 2. The maximum absolute atomic E-state index is 12.7. The van der Waals surface area contributed by atoms with E-state index in [1.54, 1.807) is 0 Å². The summed E-state index contributed by atoms with van der Waals surface area (Å²) < 4.78 is 62.9. The van der Waals surface area contributed by atoms with Crippen molar-refractivity contribution < 1.29 is 31.8 Å². The number of nitriles is 1. The average molecular weight is 383 g/mol. The highest BCUT2D eigenvalue weighted by atomic mass is 32.2. The number of sulfone groups is 1. The summed E-state index contributed by atoms with van der Waals surface area (Å²) in [5.74, 6) is -1.72. The summed E-state index contributed by atoms with van der Waals surface area (Å²) in [7, 11) is -4.22. The van der Waals surface area contributed by atoms with Crippen molar-refractivity contribution in [3.63, 3.8) is 0 Å². The van der Waals surface area contributed by atoms with Crippen molar-refractivity contribution in [2.45, 2.75) is 11.9 Å². The van der Waals surface area contributed by atoms with Gasteiger partial charge in [-0.1, -0.05) is 24.3 Å². The van der Waals surface area contributed by atoms with Gasteiger partial charge in [0.05, 0.1) is 11.3 Å². The molecular weight excluding hydrogens is 371 g/mol. The molecule has 0 atom stereocenters. The lowest BCUT2D eigenvalue weighted by molar-refractivity contribution is -0.137. The molecule has 9 heteroatoms. The number of alkyl halides is 3. The summed E-state index contributed by atoms with van der Waals surface area (Å²) in [4.78, 5) is -0.681. The number of hydrogen-bond acceptors (Lipinski definition) is 5. The number of aromatic hydroxyl groups is 2. The normalized spacial score (nSPS) is 12.6. The molecule has 0 unspecified atom stereocenters. The Labute approximate surface area is 147 Å². The molecular formula is C17H12F3NO4S. The number of nitrogens with zero attached hydrogens (tertiary/aromatic N) is 1. The van der Waals surface area contributed by atoms with E-state index in [0.29, 0.717) is 6.07 Å². The number of allylic oxidation sites excluding steroid dienone is 1. The molecule has 0 heterocycles. The molecule has 0 fully saturated rings. The first-order valence-corrected chi connectivity index (χ1v) is 8.71. The lowest BCUT2D eigenvalue weighted by Crippen LogP contribution is -2.09. The summed E-state index contributed by atoms with van der Waals surface area (Å²) in [5, 5.41) is 27.8. The number of rotatable bonds is 4. The van der Waals surface area contributed by atoms with Gasteiger partial charge >= 0.3 is 6.18 Å². The fourth-order valence-electron chi connectivity index (χ4n) is 2.11. The Hall–Kier alpha value is -2.99. The molecule has 0 radical (unpaired) electrons. The quantitative estimate of drug-likeness (QED) is 0.621. The Bertz CT molecular complexity index is 1010. The molecule has 2 rings (SSSR count). The summed E-state index contributed by atoms with van der Waals surface area (Å²) in [6, 6.07) is 8.75. The molecule has 0 aliphatic rings. The summed E-state index contributed by atoms with van der Waals surface area (Å²) >= 11 is 0. The van der Waals surface area contributed by atoms with Gasteiger partial charge in [-0.25, -0.2) is 8.42 Å². The number of benzene rings is 2. The number of phenols is 2. The first-order chi connectivity index (χ1) is 12.0. The molecule has 136 valence electrons. The largest absolute Gasteiger partial charge is 0.504 e. The number of hydrogen-bond donors (Lipinski definition) is 2. The van der Waals surface area contributed by atoms with Crippen molar-refractivity contribution in [2.24, 2.45) is 0 Å². The first kappa shape index (κ1) is 19.3. The molecule has 0 saturated heterocycles. The predicted molar refractivity (Wildman–Crippen MR) is 87.4 cm³/mol. The standard InChI is InChI=1S/C17H12F3NO4S/c18-17(19,20)13-3-1-2-12(6-13)10-26(24,25)14(9-21)7-11-4-5-15(22)16(23)8-11/h1-8,22-23H,10H2/b14-7-. The van der Waals surface area contributed by atoms with Crippen molar-refractivity contribution in [2.75, 3.05) is 0 Å². The third-order valence-corrected chi connectivity index (χ3v) is 4.95. The van der Waals surface area contributed by atoms with E-state index < -0.39 is 43.7 Å². The number of halogens is 3. The van der Waals surface area contributed by atoms with Gasteiger partial charge in [0.25, 0.3) is 0 Å². The van der Waals surface area contributed by atoms with Crippen LogP contribution < -0.4 is 0 Å². The average Bonchev–Trinajstić information content (AvgIpc) is 2.54. The molecule has 0 spiro atoms. The van der Waals surface area contributed by atoms with Crippen LogP contribution in [-0.2, 0) is 21.8 Å². The highest BCUT2D eigenvalue weighted by molar-refractivity contribution is 7.95. The molecule has 0 aromatic heterocycles. The van der Waals surface area contributed by atoms with E-state index in [4.69, 9.17) is 5.26 Å². The summed E-state index contributed by atoms with van der Waals surface area (Å²) in [6.45, 7) is 0. The SMILES string of the molecule is N#C/C(=C/c1ccc(O)c(O)c1)S(=O)(=O)Cc1cccc(C(F)(F)F)c1. The second-order valence-corrected chi connectivity index (χ2v) is 7.28. The Balaban J connectivity index is 2.37. The molecule has 0 amide bonds. The van der Waals surface area contributed by atoms with Gasteiger partial charge in [0.2, 0.25) is 0 Å². The van der Waals surface area contributed by atoms with Crippen LogP contribution in [0.3, 0.4) is 0 Å². The Morgan fingerprint density at radius 3 is 2.38 bits per heavy atom. The van der Waals surface area contributed by atoms with Crippen LogP contribution >= 0.6 is 0 Å². The molecule has 2 aromatic rings. The zero-order valence-corrected chi connectivity index (χ0v) is 13.8. The van der Waals surface area contributed by atoms with Gasteiger partial charge in [-0.2, -0.15) is 18.4 Å². The van der Waals surface area contributed by atoms with E-state index in [9.17, 15) is 31.8 Å². The van der Waals surface area contributed by atoms with Gasteiger partial charge in [-0.05, 0) is 35.4 Å². The van der Waals surface area contributed by atoms with Crippen molar-refractivity contribution in [3.8, 4) is 17.6 Å². The molecule has 26 heavy (non-hydrogen) atoms. The van der Waals surface area contributed by atoms with E-state index in [2.05, 4.69) is 0 Å². The van der Waals surface area contributed by atoms with E-state index in [0.717, 1.165) is 30.3 Å². The van der Waals surface area contributed by atoms with Gasteiger partial charge in [0.1, 0.15) is 11.0 Å². The lowest BCUT2D eigenvalue weighted by Gasteiger charge is -2.09. The minimum atomic E-state index is -4.61. The molecule has 0 bridgehead atoms. The van der Waals surface area contributed by atoms with Crippen molar-refractivity contribution in [3.05, 3.63) is 64.1 Å². The van der Waals surface area contributed by atoms with Crippen LogP contribution in [-0.4, -0.2) is 18.6 Å². The molecule has 5 nitrogen and oxygen atoms in total. The zero-order chi connectivity index (χ0) is 19.5. The Kier molecular flexibility index (Phi) is 5.28. The van der Waals surface area contributed by atoms with Crippen molar-refractivity contribution >= 4 is 15.9 Å². The molecule has 2 aromatic carbocycles. The highest BCUT2D eigenvalue weighted by Crippen LogP contribution is 2.31. The smallest absolute Gasteiger partial charge is 0.416 e. The fourth-order valence-corrected chi connectivity index (χ4v) is 3.34. The van der Waals surface area contributed by atoms with Crippen LogP contribution in [0.1, 0.15) is 16.7 Å². The van der Waals surface area contributed by atoms with Gasteiger partial charge in [0.15, 0.2) is 21.3 Å². The lowest BCUT2D eigenvalue weighted by atomic mass is 10.1. The van der Waals surface area contributed by atoms with Crippen LogP contribution in [0.25, 0.3) is 6.08 Å². The van der Waals surface area contributed by atoms with Gasteiger partial charge in [-0.3, -0.25) is 0 Å². The van der Waals surface area contributed by atoms with Crippen molar-refractivity contribution in [1.29, 1.82) is 5.26 Å². The van der Waals surface area contributed by atoms with E-state index in [-0.39, 0.29) is 11.1 Å². The maximum Gasteiger partial charge on any atom is 0.416 e. The summed E-state index contributed by atoms with van der Waals surface area (Å²) in [6.07, 6.45) is -3.65. The van der Waals surface area contributed by atoms with Crippen molar-refractivity contribution in [1.82, 2.24) is 0 Å². The van der Waals surface area contributed by atoms with E-state index >= 15 is 0 Å². The fraction of sp³-hybridized carbons (Fsp3) is 0.118. The van der Waals surface area contributed by atoms with Crippen LogP contribution in [0.5, 0.6) is 11.5 Å². The predicted octanol–water partition coefficient (Wildman–Crippen LogP) is 3.60. The molecule has 0 aliphatic heterocycles. The molecule has 0 aliphatic carbocycles. The van der Waals surface area contributed by atoms with Gasteiger partial charge in [0, 0.05) is 0 Å². The van der Waals surface area contributed by atoms with Crippen LogP contribution in [0.4, 0.5) is 13.2 Å². The topological polar surface area (TPSA) is 98.4 Å². The van der Waals surface area contributed by atoms with Crippen LogP contribution in [0.2, 0.25) is 0 Å². The minimum Gasteiger partial charge on any atom is -0.504 e. The third-order valence-electron chi connectivity index (χ3n) is 3.35. The van der Waals surface area contributed by atoms with E-state index in [1.807, 2.05) is 0 Å².